The van der Waals surface area contributed by atoms with Gasteiger partial charge in [0, 0.05) is 18.1 Å². The summed E-state index contributed by atoms with van der Waals surface area (Å²) in [6.07, 6.45) is 0. The molecule has 0 saturated heterocycles. The van der Waals surface area contributed by atoms with E-state index in [2.05, 4.69) is 39.4 Å². The number of ether oxygens (including phenoxy) is 1. The van der Waals surface area contributed by atoms with Gasteiger partial charge in [0.15, 0.2) is 0 Å². The maximum Gasteiger partial charge on any atom is 0.101 e. The van der Waals surface area contributed by atoms with Crippen LogP contribution < -0.4 is 5.32 Å². The van der Waals surface area contributed by atoms with Crippen LogP contribution in [0.2, 0.25) is 0 Å². The normalized spacial score (nSPS) is 10.1. The first kappa shape index (κ1) is 14.6. The highest BCUT2D eigenvalue weighted by atomic mass is 79.9. The second kappa shape index (κ2) is 7.09. The Morgan fingerprint density at radius 3 is 2.50 bits per heavy atom. The van der Waals surface area contributed by atoms with Crippen LogP contribution in [0.3, 0.4) is 0 Å². The fourth-order valence-electron chi connectivity index (χ4n) is 1.88. The molecule has 2 aromatic rings. The minimum absolute atomic E-state index is 0.623. The second-order valence-corrected chi connectivity index (χ2v) is 5.32. The van der Waals surface area contributed by atoms with Crippen LogP contribution in [0.15, 0.2) is 46.9 Å². The highest BCUT2D eigenvalue weighted by molar-refractivity contribution is 9.10. The van der Waals surface area contributed by atoms with Crippen molar-refractivity contribution in [3.05, 3.63) is 63.6 Å². The summed E-state index contributed by atoms with van der Waals surface area (Å²) in [5.74, 6) is 0. The summed E-state index contributed by atoms with van der Waals surface area (Å²) in [5.41, 5.74) is 3.79. The lowest BCUT2D eigenvalue weighted by molar-refractivity contribution is 0.185. The molecule has 20 heavy (non-hydrogen) atoms. The number of hydrogen-bond donors (Lipinski definition) is 1. The Hall–Kier alpha value is -1.83. The highest BCUT2D eigenvalue weighted by Gasteiger charge is 2.02. The Labute approximate surface area is 127 Å². The number of hydrogen-bond acceptors (Lipinski definition) is 3. The highest BCUT2D eigenvalue weighted by Crippen LogP contribution is 2.21. The molecule has 2 rings (SSSR count). The Kier molecular flexibility index (Phi) is 5.16. The molecule has 0 aromatic heterocycles. The molecule has 102 valence electrons. The SMILES string of the molecule is COCc1ccc(CNc2cc(Br)ccc2C#N)cc1. The monoisotopic (exact) mass is 330 g/mol. The van der Waals surface area contributed by atoms with E-state index in [1.165, 1.54) is 0 Å². The quantitative estimate of drug-likeness (QED) is 0.898. The van der Waals surface area contributed by atoms with Gasteiger partial charge in [-0.1, -0.05) is 40.2 Å². The molecule has 3 nitrogen and oxygen atoms in total. The third-order valence-electron chi connectivity index (χ3n) is 2.92. The molecular formula is C16H15BrN2O. The largest absolute Gasteiger partial charge is 0.380 e. The standard InChI is InChI=1S/C16H15BrN2O/c1-20-11-13-4-2-12(3-5-13)10-19-16-8-15(17)7-6-14(16)9-18/h2-8,19H,10-11H2,1H3. The molecule has 0 aliphatic heterocycles. The van der Waals surface area contributed by atoms with Crippen LogP contribution in [0.5, 0.6) is 0 Å². The number of halogens is 1. The molecule has 4 heteroatoms. The first-order valence-corrected chi connectivity index (χ1v) is 7.02. The van der Waals surface area contributed by atoms with E-state index in [4.69, 9.17) is 10.00 Å². The Bertz CT molecular complexity index is 617. The molecule has 0 atom stereocenters. The van der Waals surface area contributed by atoms with Crippen molar-refractivity contribution in [2.45, 2.75) is 13.2 Å². The average Bonchev–Trinajstić information content (AvgIpc) is 2.47. The molecule has 0 amide bonds. The van der Waals surface area contributed by atoms with Crippen molar-refractivity contribution in [1.82, 2.24) is 0 Å². The second-order valence-electron chi connectivity index (χ2n) is 4.40. The zero-order chi connectivity index (χ0) is 14.4. The Morgan fingerprint density at radius 2 is 1.85 bits per heavy atom. The summed E-state index contributed by atoms with van der Waals surface area (Å²) in [6.45, 7) is 1.30. The molecule has 0 aliphatic carbocycles. The topological polar surface area (TPSA) is 45.0 Å². The fourth-order valence-corrected chi connectivity index (χ4v) is 2.24. The van der Waals surface area contributed by atoms with Gasteiger partial charge < -0.3 is 10.1 Å². The van der Waals surface area contributed by atoms with Gasteiger partial charge in [-0.2, -0.15) is 5.26 Å². The lowest BCUT2D eigenvalue weighted by Crippen LogP contribution is -2.01. The molecule has 0 unspecified atom stereocenters. The molecule has 1 N–H and O–H groups in total. The Balaban J connectivity index is 2.05. The van der Waals surface area contributed by atoms with E-state index in [9.17, 15) is 0 Å². The lowest BCUT2D eigenvalue weighted by Gasteiger charge is -2.09. The summed E-state index contributed by atoms with van der Waals surface area (Å²) in [7, 11) is 1.69. The summed E-state index contributed by atoms with van der Waals surface area (Å²) < 4.78 is 6.04. The van der Waals surface area contributed by atoms with Crippen molar-refractivity contribution in [2.24, 2.45) is 0 Å². The van der Waals surface area contributed by atoms with Crippen LogP contribution in [0.4, 0.5) is 5.69 Å². The summed E-state index contributed by atoms with van der Waals surface area (Å²) >= 11 is 3.42. The van der Waals surface area contributed by atoms with E-state index in [-0.39, 0.29) is 0 Å². The Morgan fingerprint density at radius 1 is 1.15 bits per heavy atom. The first-order valence-electron chi connectivity index (χ1n) is 6.23. The lowest BCUT2D eigenvalue weighted by atomic mass is 10.1. The predicted molar refractivity (Wildman–Crippen MR) is 83.3 cm³/mol. The zero-order valence-electron chi connectivity index (χ0n) is 11.2. The van der Waals surface area contributed by atoms with Gasteiger partial charge in [-0.05, 0) is 29.3 Å². The van der Waals surface area contributed by atoms with Crippen molar-refractivity contribution < 1.29 is 4.74 Å². The molecule has 0 saturated carbocycles. The van der Waals surface area contributed by atoms with Crippen LogP contribution in [-0.2, 0) is 17.9 Å². The third kappa shape index (κ3) is 3.83. The van der Waals surface area contributed by atoms with Gasteiger partial charge in [0.25, 0.3) is 0 Å². The van der Waals surface area contributed by atoms with Crippen molar-refractivity contribution in [3.63, 3.8) is 0 Å². The van der Waals surface area contributed by atoms with Gasteiger partial charge in [-0.15, -0.1) is 0 Å². The number of nitrogens with one attached hydrogen (secondary N) is 1. The van der Waals surface area contributed by atoms with Gasteiger partial charge in [0.2, 0.25) is 0 Å². The van der Waals surface area contributed by atoms with Gasteiger partial charge in [-0.25, -0.2) is 0 Å². The van der Waals surface area contributed by atoms with E-state index < -0.39 is 0 Å². The van der Waals surface area contributed by atoms with Crippen LogP contribution in [0.25, 0.3) is 0 Å². The predicted octanol–water partition coefficient (Wildman–Crippen LogP) is 4.08. The molecule has 0 aliphatic rings. The third-order valence-corrected chi connectivity index (χ3v) is 3.41. The van der Waals surface area contributed by atoms with E-state index >= 15 is 0 Å². The van der Waals surface area contributed by atoms with Crippen LogP contribution >= 0.6 is 15.9 Å². The summed E-state index contributed by atoms with van der Waals surface area (Å²) in [4.78, 5) is 0. The van der Waals surface area contributed by atoms with E-state index in [1.807, 2.05) is 24.3 Å². The fraction of sp³-hybridized carbons (Fsp3) is 0.188. The number of nitriles is 1. The van der Waals surface area contributed by atoms with Gasteiger partial charge in [0.05, 0.1) is 17.9 Å². The minimum atomic E-state index is 0.623. The van der Waals surface area contributed by atoms with Crippen molar-refractivity contribution in [1.29, 1.82) is 5.26 Å². The van der Waals surface area contributed by atoms with Crippen LogP contribution in [0.1, 0.15) is 16.7 Å². The molecule has 2 aromatic carbocycles. The van der Waals surface area contributed by atoms with Gasteiger partial charge >= 0.3 is 0 Å². The molecule has 0 bridgehead atoms. The van der Waals surface area contributed by atoms with Crippen molar-refractivity contribution in [3.8, 4) is 6.07 Å². The maximum atomic E-state index is 9.08. The number of nitrogens with zero attached hydrogens (tertiary/aromatic N) is 1. The summed E-state index contributed by atoms with van der Waals surface area (Å²) in [5, 5.41) is 12.4. The van der Waals surface area contributed by atoms with Gasteiger partial charge in [-0.3, -0.25) is 0 Å². The number of rotatable bonds is 5. The van der Waals surface area contributed by atoms with Crippen LogP contribution in [-0.4, -0.2) is 7.11 Å². The smallest absolute Gasteiger partial charge is 0.101 e. The molecular weight excluding hydrogens is 316 g/mol. The zero-order valence-corrected chi connectivity index (χ0v) is 12.8. The maximum absolute atomic E-state index is 9.08. The molecule has 0 spiro atoms. The van der Waals surface area contributed by atoms with E-state index in [1.54, 1.807) is 13.2 Å². The average molecular weight is 331 g/mol. The minimum Gasteiger partial charge on any atom is -0.380 e. The van der Waals surface area contributed by atoms with Crippen LogP contribution in [0, 0.1) is 11.3 Å². The van der Waals surface area contributed by atoms with Crippen molar-refractivity contribution >= 4 is 21.6 Å². The first-order chi connectivity index (χ1) is 9.72. The van der Waals surface area contributed by atoms with Crippen molar-refractivity contribution in [2.75, 3.05) is 12.4 Å². The molecule has 0 heterocycles. The number of anilines is 1. The molecule has 0 radical (unpaired) electrons. The number of methoxy groups -OCH3 is 1. The molecule has 0 fully saturated rings. The summed E-state index contributed by atoms with van der Waals surface area (Å²) in [6, 6.07) is 16.0. The van der Waals surface area contributed by atoms with E-state index in [0.717, 1.165) is 21.3 Å². The van der Waals surface area contributed by atoms with E-state index in [0.29, 0.717) is 18.7 Å². The number of benzene rings is 2. The van der Waals surface area contributed by atoms with Gasteiger partial charge in [0.1, 0.15) is 6.07 Å².